The number of guanidine groups is 3. The summed E-state index contributed by atoms with van der Waals surface area (Å²) in [6.45, 7) is 14.4. The molecule has 1 aliphatic rings. The minimum absolute atomic E-state index is 0.138. The number of benzene rings is 3. The third-order valence-electron chi connectivity index (χ3n) is 8.94. The van der Waals surface area contributed by atoms with Gasteiger partial charge in [-0.1, -0.05) is 51.5 Å². The van der Waals surface area contributed by atoms with Crippen molar-refractivity contribution >= 4 is 63.9 Å². The molecule has 326 valence electrons. The highest BCUT2D eigenvalue weighted by atomic mass is 16.2. The van der Waals surface area contributed by atoms with E-state index in [0.717, 1.165) is 25.7 Å². The molecule has 19 nitrogen and oxygen atoms in total. The lowest BCUT2D eigenvalue weighted by Gasteiger charge is -2.15. The maximum atomic E-state index is 14.1. The van der Waals surface area contributed by atoms with Gasteiger partial charge in [-0.2, -0.15) is 20.4 Å². The highest BCUT2D eigenvalue weighted by molar-refractivity contribution is 6.12. The minimum Gasteiger partial charge on any atom is -0.385 e. The minimum atomic E-state index is -0.531. The van der Waals surface area contributed by atoms with Crippen LogP contribution in [-0.2, 0) is 0 Å². The first-order chi connectivity index (χ1) is 29.5. The fraction of sp³-hybridized carbons (Fsp3) is 0.279. The molecule has 62 heavy (non-hydrogen) atoms. The number of carbonyl (C=O) groups is 2. The number of nitrogens with zero attached hydrogens (tertiary/aromatic N) is 4. The van der Waals surface area contributed by atoms with Gasteiger partial charge in [0.15, 0.2) is 0 Å². The van der Waals surface area contributed by atoms with Crippen LogP contribution in [0.25, 0.3) is 0 Å². The van der Waals surface area contributed by atoms with Gasteiger partial charge in [0, 0.05) is 56.2 Å². The molecule has 0 spiro atoms. The van der Waals surface area contributed by atoms with Gasteiger partial charge in [0.1, 0.15) is 5.82 Å². The normalized spacial score (nSPS) is 13.2. The van der Waals surface area contributed by atoms with Gasteiger partial charge < -0.3 is 33.6 Å². The molecule has 4 rings (SSSR count). The number of nitrogens with two attached hydrogens (primary N) is 4. The van der Waals surface area contributed by atoms with Crippen molar-refractivity contribution in [1.82, 2.24) is 21.7 Å². The molecule has 0 saturated heterocycles. The smallest absolute Gasteiger partial charge is 0.255 e. The first-order valence-electron chi connectivity index (χ1n) is 19.8. The van der Waals surface area contributed by atoms with Gasteiger partial charge in [-0.3, -0.25) is 31.2 Å². The second-order valence-corrected chi connectivity index (χ2v) is 13.9. The van der Waals surface area contributed by atoms with Crippen molar-refractivity contribution in [2.45, 2.75) is 73.6 Å². The highest BCUT2D eigenvalue weighted by Crippen LogP contribution is 2.24. The largest absolute Gasteiger partial charge is 0.385 e. The van der Waals surface area contributed by atoms with Gasteiger partial charge in [-0.15, -0.1) is 0 Å². The van der Waals surface area contributed by atoms with E-state index in [1.54, 1.807) is 76.2 Å². The Morgan fingerprint density at radius 2 is 0.903 bits per heavy atom. The van der Waals surface area contributed by atoms with Crippen LogP contribution in [0.3, 0.4) is 0 Å². The fourth-order valence-corrected chi connectivity index (χ4v) is 5.88. The summed E-state index contributed by atoms with van der Waals surface area (Å²) in [6, 6.07) is 15.1. The number of hydrogen-bond donors (Lipinski definition) is 13. The predicted octanol–water partition coefficient (Wildman–Crippen LogP) is 4.51. The summed E-state index contributed by atoms with van der Waals surface area (Å²) >= 11 is 0. The number of nitrogens with one attached hydrogen (secondary N) is 9. The van der Waals surface area contributed by atoms with Crippen LogP contribution in [0, 0.1) is 34.0 Å². The Kier molecular flexibility index (Phi) is 18.4. The van der Waals surface area contributed by atoms with Gasteiger partial charge in [-0.05, 0) is 95.1 Å². The SMILES string of the molecule is C=C(N)N/N=C(\C)c1cc(NC(=O)c2cc(C#CC3CCCCC3)cc(C(=O)Nc3cc(/C(C)=N/NC(=N)N)cc(/C(C)=N/NC(=N)N)c3)c2)cc(/C(C)=N/NC(=N)N)c1.CC. The Morgan fingerprint density at radius 1 is 0.565 bits per heavy atom. The Labute approximate surface area is 361 Å². The van der Waals surface area contributed by atoms with E-state index in [2.05, 4.69) is 71.2 Å². The van der Waals surface area contributed by atoms with Gasteiger partial charge in [-0.25, -0.2) is 16.3 Å². The standard InChI is InChI=1S/C41H51N17O2.C2H6/c1-22(51-55-26(5)42)29-15-30(23(2)52-56-39(43)44)19-35(18-29)49-37(59)33-13-28(12-11-27-9-7-6-8-10-27)14-34(17-33)38(60)50-36-20-31(24(3)53-57-40(45)46)16-32(21-36)25(4)54-58-41(47)48;1-2/h13-21,27,55H,5-10,42H2,1-4H3,(H,49,59)(H,50,60)(H4,43,44,56)(H4,45,46,57)(H4,47,48,58);1-2H3/b51-22+,52-23+,53-24+,54-25+;. The molecule has 1 fully saturated rings. The second kappa shape index (κ2) is 23.5. The van der Waals surface area contributed by atoms with Crippen LogP contribution in [-0.4, -0.2) is 52.5 Å². The molecule has 1 aliphatic carbocycles. The first-order valence-corrected chi connectivity index (χ1v) is 19.8. The van der Waals surface area contributed by atoms with Gasteiger partial charge >= 0.3 is 0 Å². The summed E-state index contributed by atoms with van der Waals surface area (Å²) in [5.74, 6) is 4.80. The zero-order valence-corrected chi connectivity index (χ0v) is 35.9. The second-order valence-electron chi connectivity index (χ2n) is 13.9. The summed E-state index contributed by atoms with van der Waals surface area (Å²) in [5.41, 5.74) is 37.6. The van der Waals surface area contributed by atoms with Crippen LogP contribution in [0.1, 0.15) is 122 Å². The fourth-order valence-electron chi connectivity index (χ4n) is 5.88. The van der Waals surface area contributed by atoms with Crippen LogP contribution in [0.2, 0.25) is 0 Å². The zero-order valence-electron chi connectivity index (χ0n) is 35.9. The maximum absolute atomic E-state index is 14.1. The average Bonchev–Trinajstić information content (AvgIpc) is 3.25. The van der Waals surface area contributed by atoms with Gasteiger partial charge in [0.05, 0.1) is 22.8 Å². The molecule has 0 heterocycles. The molecule has 3 aromatic rings. The Bertz CT molecular complexity index is 2130. The molecule has 19 heteroatoms. The van der Waals surface area contributed by atoms with Crippen LogP contribution < -0.4 is 55.3 Å². The molecule has 0 unspecified atom stereocenters. The van der Waals surface area contributed by atoms with E-state index in [1.807, 2.05) is 13.8 Å². The van der Waals surface area contributed by atoms with Crippen molar-refractivity contribution in [3.63, 3.8) is 0 Å². The monoisotopic (exact) mass is 843 g/mol. The number of anilines is 2. The van der Waals surface area contributed by atoms with Crippen LogP contribution in [0.5, 0.6) is 0 Å². The molecule has 0 bridgehead atoms. The summed E-state index contributed by atoms with van der Waals surface area (Å²) in [4.78, 5) is 28.2. The van der Waals surface area contributed by atoms with Crippen LogP contribution in [0.4, 0.5) is 11.4 Å². The van der Waals surface area contributed by atoms with Crippen molar-refractivity contribution in [3.8, 4) is 11.8 Å². The molecular formula is C43H57N17O2. The topological polar surface area (TPSA) is 331 Å². The van der Waals surface area contributed by atoms with Crippen molar-refractivity contribution in [3.05, 3.63) is 106 Å². The third kappa shape index (κ3) is 15.6. The molecule has 0 aromatic heterocycles. The van der Waals surface area contributed by atoms with Gasteiger partial charge in [0.25, 0.3) is 11.8 Å². The molecule has 0 aliphatic heterocycles. The molecule has 17 N–H and O–H groups in total. The molecule has 2 amide bonds. The summed E-state index contributed by atoms with van der Waals surface area (Å²) in [6.07, 6.45) is 5.32. The van der Waals surface area contributed by atoms with E-state index >= 15 is 0 Å². The first kappa shape index (κ1) is 48.4. The van der Waals surface area contributed by atoms with Gasteiger partial charge in [0.2, 0.25) is 17.9 Å². The van der Waals surface area contributed by atoms with Crippen LogP contribution in [0.15, 0.2) is 87.4 Å². The molecule has 1 saturated carbocycles. The van der Waals surface area contributed by atoms with E-state index in [1.165, 1.54) is 12.5 Å². The number of rotatable bonds is 13. The summed E-state index contributed by atoms with van der Waals surface area (Å²) in [5, 5.41) is 45.0. The summed E-state index contributed by atoms with van der Waals surface area (Å²) in [7, 11) is 0. The molecule has 0 radical (unpaired) electrons. The predicted molar refractivity (Wildman–Crippen MR) is 250 cm³/mol. The maximum Gasteiger partial charge on any atom is 0.255 e. The van der Waals surface area contributed by atoms with E-state index < -0.39 is 11.8 Å². The summed E-state index contributed by atoms with van der Waals surface area (Å²) < 4.78 is 0. The highest BCUT2D eigenvalue weighted by Gasteiger charge is 2.17. The lowest BCUT2D eigenvalue weighted by molar-refractivity contribution is 0.102. The lowest BCUT2D eigenvalue weighted by Crippen LogP contribution is -2.27. The number of carbonyl (C=O) groups excluding carboxylic acids is 2. The van der Waals surface area contributed by atoms with E-state index in [0.29, 0.717) is 62.0 Å². The Hall–Kier alpha value is -8.01. The average molecular weight is 844 g/mol. The Balaban J connectivity index is 0.00000504. The molecular weight excluding hydrogens is 787 g/mol. The van der Waals surface area contributed by atoms with Crippen molar-refractivity contribution in [1.29, 1.82) is 16.2 Å². The van der Waals surface area contributed by atoms with E-state index in [-0.39, 0.29) is 40.7 Å². The van der Waals surface area contributed by atoms with Crippen LogP contribution >= 0.6 is 0 Å². The van der Waals surface area contributed by atoms with E-state index in [9.17, 15) is 9.59 Å². The molecule has 0 atom stereocenters. The quantitative estimate of drug-likeness (QED) is 0.0494. The van der Waals surface area contributed by atoms with Crippen molar-refractivity contribution in [2.24, 2.45) is 49.3 Å². The van der Waals surface area contributed by atoms with Crippen molar-refractivity contribution in [2.75, 3.05) is 10.6 Å². The number of hydrazone groups is 4. The lowest BCUT2D eigenvalue weighted by atomic mass is 9.89. The number of amides is 2. The van der Waals surface area contributed by atoms with Crippen molar-refractivity contribution < 1.29 is 9.59 Å². The van der Waals surface area contributed by atoms with E-state index in [4.69, 9.17) is 39.2 Å². The molecule has 3 aromatic carbocycles. The third-order valence-corrected chi connectivity index (χ3v) is 8.94. The number of hydrogen-bond acceptors (Lipinski definition) is 11. The zero-order chi connectivity index (χ0) is 45.9. The Morgan fingerprint density at radius 3 is 1.24 bits per heavy atom.